The van der Waals surface area contributed by atoms with E-state index in [-0.39, 0.29) is 0 Å². The third-order valence-electron chi connectivity index (χ3n) is 3.10. The average Bonchev–Trinajstić information content (AvgIpc) is 2.29. The molecule has 0 fully saturated rings. The van der Waals surface area contributed by atoms with E-state index in [4.69, 9.17) is 4.74 Å². The molecule has 1 N–H and O–H groups in total. The predicted octanol–water partition coefficient (Wildman–Crippen LogP) is 3.59. The molecule has 1 rings (SSSR count). The fraction of sp³-hybridized carbons (Fsp3) is 0.600. The van der Waals surface area contributed by atoms with Crippen molar-refractivity contribution in [2.45, 2.75) is 53.2 Å². The molecular formula is C15H25NO. The van der Waals surface area contributed by atoms with E-state index in [1.807, 2.05) is 7.05 Å². The molecule has 0 aromatic heterocycles. The molecule has 0 radical (unpaired) electrons. The van der Waals surface area contributed by atoms with Crippen molar-refractivity contribution < 1.29 is 4.74 Å². The van der Waals surface area contributed by atoms with Crippen molar-refractivity contribution in [3.8, 4) is 5.75 Å². The molecule has 0 aliphatic rings. The van der Waals surface area contributed by atoms with Crippen LogP contribution in [0.1, 0.15) is 43.4 Å². The van der Waals surface area contributed by atoms with Crippen molar-refractivity contribution in [3.05, 3.63) is 28.8 Å². The van der Waals surface area contributed by atoms with Crippen LogP contribution >= 0.6 is 0 Å². The molecule has 2 nitrogen and oxygen atoms in total. The second-order valence-electron chi connectivity index (χ2n) is 4.65. The molecule has 0 bridgehead atoms. The van der Waals surface area contributed by atoms with Crippen molar-refractivity contribution in [2.24, 2.45) is 0 Å². The number of hydrogen-bond acceptors (Lipinski definition) is 2. The molecule has 0 amide bonds. The van der Waals surface area contributed by atoms with E-state index in [1.54, 1.807) is 0 Å². The van der Waals surface area contributed by atoms with Gasteiger partial charge >= 0.3 is 0 Å². The number of benzene rings is 1. The van der Waals surface area contributed by atoms with Crippen LogP contribution < -0.4 is 10.1 Å². The summed E-state index contributed by atoms with van der Waals surface area (Å²) in [6.45, 7) is 9.52. The number of hydrogen-bond donors (Lipinski definition) is 1. The van der Waals surface area contributed by atoms with E-state index in [9.17, 15) is 0 Å². The standard InChI is InChI=1S/C15H25NO/c1-6-14(7-2)17-15-11(3)8-13(10-16-5)9-12(15)4/h8-9,14,16H,6-7,10H2,1-5H3. The van der Waals surface area contributed by atoms with E-state index in [0.29, 0.717) is 6.10 Å². The Bertz CT molecular complexity index is 333. The molecule has 0 saturated carbocycles. The van der Waals surface area contributed by atoms with Crippen LogP contribution in [0.25, 0.3) is 0 Å². The lowest BCUT2D eigenvalue weighted by molar-refractivity contribution is 0.190. The molecule has 0 unspecified atom stereocenters. The van der Waals surface area contributed by atoms with Gasteiger partial charge < -0.3 is 10.1 Å². The summed E-state index contributed by atoms with van der Waals surface area (Å²) in [5.74, 6) is 1.07. The Kier molecular flexibility index (Phi) is 5.49. The predicted molar refractivity (Wildman–Crippen MR) is 73.7 cm³/mol. The quantitative estimate of drug-likeness (QED) is 0.813. The number of rotatable bonds is 6. The largest absolute Gasteiger partial charge is 0.490 e. The first kappa shape index (κ1) is 14.0. The SMILES string of the molecule is CCC(CC)Oc1c(C)cc(CNC)cc1C. The van der Waals surface area contributed by atoms with Crippen LogP contribution in [-0.2, 0) is 6.54 Å². The summed E-state index contributed by atoms with van der Waals surface area (Å²) in [6, 6.07) is 4.42. The van der Waals surface area contributed by atoms with Gasteiger partial charge in [-0.2, -0.15) is 0 Å². The van der Waals surface area contributed by atoms with Gasteiger partial charge in [0, 0.05) is 6.54 Å². The van der Waals surface area contributed by atoms with Gasteiger partial charge in [0.15, 0.2) is 0 Å². The number of ether oxygens (including phenoxy) is 1. The van der Waals surface area contributed by atoms with Gasteiger partial charge in [-0.15, -0.1) is 0 Å². The smallest absolute Gasteiger partial charge is 0.125 e. The molecule has 0 aliphatic carbocycles. The third kappa shape index (κ3) is 3.74. The Morgan fingerprint density at radius 1 is 1.12 bits per heavy atom. The molecule has 2 heteroatoms. The summed E-state index contributed by atoms with van der Waals surface area (Å²) in [5, 5.41) is 3.18. The minimum atomic E-state index is 0.336. The summed E-state index contributed by atoms with van der Waals surface area (Å²) in [7, 11) is 1.97. The van der Waals surface area contributed by atoms with Gasteiger partial charge in [0.2, 0.25) is 0 Å². The van der Waals surface area contributed by atoms with Gasteiger partial charge in [0.1, 0.15) is 5.75 Å². The molecule has 17 heavy (non-hydrogen) atoms. The van der Waals surface area contributed by atoms with Gasteiger partial charge in [-0.1, -0.05) is 26.0 Å². The molecule has 0 atom stereocenters. The summed E-state index contributed by atoms with van der Waals surface area (Å²) in [6.07, 6.45) is 2.46. The van der Waals surface area contributed by atoms with Crippen molar-refractivity contribution in [1.82, 2.24) is 5.32 Å². The maximum absolute atomic E-state index is 6.09. The Balaban J connectivity index is 2.92. The monoisotopic (exact) mass is 235 g/mol. The molecule has 0 aliphatic heterocycles. The fourth-order valence-corrected chi connectivity index (χ4v) is 2.15. The van der Waals surface area contributed by atoms with Crippen LogP contribution in [-0.4, -0.2) is 13.2 Å². The molecule has 1 aromatic rings. The Labute approximate surface area is 105 Å². The van der Waals surface area contributed by atoms with Gasteiger partial charge in [-0.25, -0.2) is 0 Å². The minimum absolute atomic E-state index is 0.336. The zero-order valence-electron chi connectivity index (χ0n) is 11.8. The third-order valence-corrected chi connectivity index (χ3v) is 3.10. The minimum Gasteiger partial charge on any atom is -0.490 e. The zero-order valence-corrected chi connectivity index (χ0v) is 11.8. The molecule has 0 spiro atoms. The van der Waals surface area contributed by atoms with Gasteiger partial charge in [-0.05, 0) is 50.4 Å². The first-order valence-corrected chi connectivity index (χ1v) is 6.53. The highest BCUT2D eigenvalue weighted by Gasteiger charge is 2.11. The molecule has 1 aromatic carbocycles. The summed E-state index contributed by atoms with van der Waals surface area (Å²) in [4.78, 5) is 0. The lowest BCUT2D eigenvalue weighted by atomic mass is 10.1. The average molecular weight is 235 g/mol. The Morgan fingerprint density at radius 2 is 1.65 bits per heavy atom. The van der Waals surface area contributed by atoms with Crippen molar-refractivity contribution in [1.29, 1.82) is 0 Å². The van der Waals surface area contributed by atoms with Crippen LogP contribution in [0.2, 0.25) is 0 Å². The van der Waals surface area contributed by atoms with Crippen molar-refractivity contribution in [2.75, 3.05) is 7.05 Å². The first-order valence-electron chi connectivity index (χ1n) is 6.53. The Hall–Kier alpha value is -1.02. The highest BCUT2D eigenvalue weighted by atomic mass is 16.5. The zero-order chi connectivity index (χ0) is 12.8. The fourth-order valence-electron chi connectivity index (χ4n) is 2.15. The van der Waals surface area contributed by atoms with Gasteiger partial charge in [0.05, 0.1) is 6.10 Å². The maximum atomic E-state index is 6.09. The molecule has 96 valence electrons. The van der Waals surface area contributed by atoms with Crippen molar-refractivity contribution >= 4 is 0 Å². The van der Waals surface area contributed by atoms with Crippen molar-refractivity contribution in [3.63, 3.8) is 0 Å². The lowest BCUT2D eigenvalue weighted by Crippen LogP contribution is -2.15. The maximum Gasteiger partial charge on any atom is 0.125 e. The Morgan fingerprint density at radius 3 is 2.06 bits per heavy atom. The van der Waals surface area contributed by atoms with Crippen LogP contribution in [0.15, 0.2) is 12.1 Å². The van der Waals surface area contributed by atoms with Crippen LogP contribution in [0.3, 0.4) is 0 Å². The molecule has 0 saturated heterocycles. The normalized spacial score (nSPS) is 10.9. The lowest BCUT2D eigenvalue weighted by Gasteiger charge is -2.20. The second kappa shape index (κ2) is 6.65. The highest BCUT2D eigenvalue weighted by Crippen LogP contribution is 2.27. The summed E-state index contributed by atoms with van der Waals surface area (Å²) < 4.78 is 6.09. The van der Waals surface area contributed by atoms with Gasteiger partial charge in [-0.3, -0.25) is 0 Å². The first-order chi connectivity index (χ1) is 8.12. The highest BCUT2D eigenvalue weighted by molar-refractivity contribution is 5.43. The van der Waals surface area contributed by atoms with Crippen LogP contribution in [0.4, 0.5) is 0 Å². The van der Waals surface area contributed by atoms with Gasteiger partial charge in [0.25, 0.3) is 0 Å². The van der Waals surface area contributed by atoms with E-state index < -0.39 is 0 Å². The second-order valence-corrected chi connectivity index (χ2v) is 4.65. The van der Waals surface area contributed by atoms with E-state index in [2.05, 4.69) is 45.1 Å². The number of aryl methyl sites for hydroxylation is 2. The summed E-state index contributed by atoms with van der Waals surface area (Å²) >= 11 is 0. The van der Waals surface area contributed by atoms with E-state index >= 15 is 0 Å². The van der Waals surface area contributed by atoms with Crippen LogP contribution in [0, 0.1) is 13.8 Å². The van der Waals surface area contributed by atoms with E-state index in [1.165, 1.54) is 16.7 Å². The van der Waals surface area contributed by atoms with Crippen LogP contribution in [0.5, 0.6) is 5.75 Å². The molecular weight excluding hydrogens is 210 g/mol. The van der Waals surface area contributed by atoms with E-state index in [0.717, 1.165) is 25.1 Å². The number of nitrogens with one attached hydrogen (secondary N) is 1. The topological polar surface area (TPSA) is 21.3 Å². The summed E-state index contributed by atoms with van der Waals surface area (Å²) in [5.41, 5.74) is 3.80. The molecule has 0 heterocycles.